The zero-order chi connectivity index (χ0) is 16.9. The maximum Gasteiger partial charge on any atom is 0.243 e. The van der Waals surface area contributed by atoms with Gasteiger partial charge in [0.2, 0.25) is 5.91 Å². The van der Waals surface area contributed by atoms with Crippen LogP contribution in [0.2, 0.25) is 0 Å². The Morgan fingerprint density at radius 1 is 1.29 bits per heavy atom. The lowest BCUT2D eigenvalue weighted by Crippen LogP contribution is -2.39. The average molecular weight is 456 g/mol. The van der Waals surface area contributed by atoms with E-state index in [4.69, 9.17) is 9.47 Å². The maximum atomic E-state index is 11.6. The van der Waals surface area contributed by atoms with E-state index in [9.17, 15) is 4.79 Å². The first-order chi connectivity index (χ1) is 11.1. The van der Waals surface area contributed by atoms with E-state index in [1.165, 1.54) is 0 Å². The second kappa shape index (κ2) is 14.7. The summed E-state index contributed by atoms with van der Waals surface area (Å²) in [6, 6.07) is 0. The Bertz CT molecular complexity index is 361. The molecule has 0 aromatic heterocycles. The van der Waals surface area contributed by atoms with E-state index in [0.717, 1.165) is 45.4 Å². The highest BCUT2D eigenvalue weighted by Crippen LogP contribution is 2.07. The number of guanidine groups is 1. The number of amides is 1. The van der Waals surface area contributed by atoms with Crippen molar-refractivity contribution in [3.05, 3.63) is 0 Å². The third kappa shape index (κ3) is 11.0. The number of hydrogen-bond donors (Lipinski definition) is 2. The van der Waals surface area contributed by atoms with Gasteiger partial charge in [-0.15, -0.1) is 24.0 Å². The molecule has 0 spiro atoms. The van der Waals surface area contributed by atoms with E-state index in [1.807, 2.05) is 0 Å². The molecule has 1 amide bonds. The van der Waals surface area contributed by atoms with Crippen LogP contribution in [0.3, 0.4) is 0 Å². The molecule has 2 N–H and O–H groups in total. The van der Waals surface area contributed by atoms with Crippen LogP contribution in [-0.2, 0) is 14.3 Å². The van der Waals surface area contributed by atoms with Gasteiger partial charge in [-0.1, -0.05) is 13.3 Å². The monoisotopic (exact) mass is 456 g/mol. The first-order valence-electron chi connectivity index (χ1n) is 8.55. The SMILES string of the molecule is CCCCNC(=NCC(=O)N(C)C)NCCCOC1CCOC1.I. The summed E-state index contributed by atoms with van der Waals surface area (Å²) in [5.74, 6) is 0.684. The Balaban J connectivity index is 0.00000529. The number of nitrogens with one attached hydrogen (secondary N) is 2. The second-order valence-electron chi connectivity index (χ2n) is 5.87. The summed E-state index contributed by atoms with van der Waals surface area (Å²) < 4.78 is 11.0. The summed E-state index contributed by atoms with van der Waals surface area (Å²) in [6.07, 6.45) is 4.34. The van der Waals surface area contributed by atoms with Crippen molar-refractivity contribution in [2.45, 2.75) is 38.7 Å². The van der Waals surface area contributed by atoms with Crippen LogP contribution in [0.25, 0.3) is 0 Å². The molecule has 1 fully saturated rings. The van der Waals surface area contributed by atoms with Crippen LogP contribution in [0.1, 0.15) is 32.6 Å². The normalized spacial score (nSPS) is 17.3. The van der Waals surface area contributed by atoms with Crippen LogP contribution < -0.4 is 10.6 Å². The molecule has 1 unspecified atom stereocenters. The molecule has 7 nitrogen and oxygen atoms in total. The molecule has 1 atom stereocenters. The average Bonchev–Trinajstić information content (AvgIpc) is 3.04. The van der Waals surface area contributed by atoms with Gasteiger partial charge in [-0.3, -0.25) is 4.79 Å². The van der Waals surface area contributed by atoms with Gasteiger partial charge in [-0.05, 0) is 19.3 Å². The Morgan fingerprint density at radius 3 is 2.58 bits per heavy atom. The second-order valence-corrected chi connectivity index (χ2v) is 5.87. The molecule has 0 aromatic carbocycles. The van der Waals surface area contributed by atoms with Crippen LogP contribution in [0.5, 0.6) is 0 Å². The lowest BCUT2D eigenvalue weighted by molar-refractivity contribution is -0.127. The van der Waals surface area contributed by atoms with E-state index in [2.05, 4.69) is 22.5 Å². The van der Waals surface area contributed by atoms with Crippen LogP contribution in [0, 0.1) is 0 Å². The summed E-state index contributed by atoms with van der Waals surface area (Å²) in [5.41, 5.74) is 0. The standard InChI is InChI=1S/C16H32N4O3.HI/c1-4-5-8-17-16(19-12-15(21)20(2)3)18-9-6-10-23-14-7-11-22-13-14;/h14H,4-13H2,1-3H3,(H2,17,18,19);1H. The Labute approximate surface area is 162 Å². The molecule has 1 saturated heterocycles. The molecule has 0 bridgehead atoms. The number of nitrogens with zero attached hydrogens (tertiary/aromatic N) is 2. The summed E-state index contributed by atoms with van der Waals surface area (Å²) in [7, 11) is 3.47. The zero-order valence-electron chi connectivity index (χ0n) is 15.2. The van der Waals surface area contributed by atoms with Gasteiger partial charge in [0.15, 0.2) is 5.96 Å². The molecule has 0 aromatic rings. The molecule has 1 heterocycles. The van der Waals surface area contributed by atoms with Crippen molar-refractivity contribution in [2.24, 2.45) is 4.99 Å². The molecule has 8 heteroatoms. The molecular formula is C16H33IN4O3. The highest BCUT2D eigenvalue weighted by Gasteiger charge is 2.15. The topological polar surface area (TPSA) is 75.2 Å². The van der Waals surface area contributed by atoms with Crippen molar-refractivity contribution >= 4 is 35.8 Å². The van der Waals surface area contributed by atoms with Crippen molar-refractivity contribution in [3.63, 3.8) is 0 Å². The zero-order valence-corrected chi connectivity index (χ0v) is 17.5. The Kier molecular flexibility index (Phi) is 14.3. The van der Waals surface area contributed by atoms with E-state index >= 15 is 0 Å². The summed E-state index contributed by atoms with van der Waals surface area (Å²) in [4.78, 5) is 17.5. The molecule has 0 saturated carbocycles. The summed E-state index contributed by atoms with van der Waals surface area (Å²) in [6.45, 7) is 6.15. The van der Waals surface area contributed by atoms with Crippen molar-refractivity contribution in [1.29, 1.82) is 0 Å². The van der Waals surface area contributed by atoms with E-state index in [1.54, 1.807) is 19.0 Å². The number of likely N-dealkylation sites (N-methyl/N-ethyl adjacent to an activating group) is 1. The van der Waals surface area contributed by atoms with Crippen molar-refractivity contribution < 1.29 is 14.3 Å². The highest BCUT2D eigenvalue weighted by atomic mass is 127. The van der Waals surface area contributed by atoms with Crippen molar-refractivity contribution in [1.82, 2.24) is 15.5 Å². The number of carbonyl (C=O) groups excluding carboxylic acids is 1. The molecule has 24 heavy (non-hydrogen) atoms. The lowest BCUT2D eigenvalue weighted by Gasteiger charge is -2.14. The minimum atomic E-state index is -0.00819. The number of rotatable bonds is 10. The predicted molar refractivity (Wildman–Crippen MR) is 107 cm³/mol. The molecule has 1 aliphatic heterocycles. The number of ether oxygens (including phenoxy) is 2. The van der Waals surface area contributed by atoms with E-state index in [-0.39, 0.29) is 42.5 Å². The number of unbranched alkanes of at least 4 members (excludes halogenated alkanes) is 1. The predicted octanol–water partition coefficient (Wildman–Crippen LogP) is 1.22. The van der Waals surface area contributed by atoms with Crippen molar-refractivity contribution in [2.75, 3.05) is 53.6 Å². The number of halogens is 1. The van der Waals surface area contributed by atoms with E-state index in [0.29, 0.717) is 19.2 Å². The smallest absolute Gasteiger partial charge is 0.243 e. The third-order valence-electron chi connectivity index (χ3n) is 3.55. The van der Waals surface area contributed by atoms with Gasteiger partial charge >= 0.3 is 0 Å². The third-order valence-corrected chi connectivity index (χ3v) is 3.55. The number of carbonyl (C=O) groups is 1. The summed E-state index contributed by atoms with van der Waals surface area (Å²) in [5, 5.41) is 6.51. The summed E-state index contributed by atoms with van der Waals surface area (Å²) >= 11 is 0. The van der Waals surface area contributed by atoms with Gasteiger partial charge in [0, 0.05) is 40.4 Å². The van der Waals surface area contributed by atoms with Gasteiger partial charge in [0.25, 0.3) is 0 Å². The van der Waals surface area contributed by atoms with E-state index < -0.39 is 0 Å². The minimum Gasteiger partial charge on any atom is -0.379 e. The maximum absolute atomic E-state index is 11.6. The number of hydrogen-bond acceptors (Lipinski definition) is 4. The van der Waals surface area contributed by atoms with Gasteiger partial charge in [0.05, 0.1) is 12.7 Å². The van der Waals surface area contributed by atoms with Crippen LogP contribution >= 0.6 is 24.0 Å². The van der Waals surface area contributed by atoms with Gasteiger partial charge in [0.1, 0.15) is 6.54 Å². The minimum absolute atomic E-state index is 0. The van der Waals surface area contributed by atoms with Gasteiger partial charge in [-0.2, -0.15) is 0 Å². The number of aliphatic imine (C=N–C) groups is 1. The van der Waals surface area contributed by atoms with Crippen LogP contribution in [0.15, 0.2) is 4.99 Å². The first kappa shape index (κ1) is 23.4. The molecule has 1 rings (SSSR count). The van der Waals surface area contributed by atoms with Gasteiger partial charge < -0.3 is 25.0 Å². The molecule has 0 aliphatic carbocycles. The highest BCUT2D eigenvalue weighted by molar-refractivity contribution is 14.0. The first-order valence-corrected chi connectivity index (χ1v) is 8.55. The molecule has 0 radical (unpaired) electrons. The lowest BCUT2D eigenvalue weighted by atomic mass is 10.3. The fraction of sp³-hybridized carbons (Fsp3) is 0.875. The Hall–Kier alpha value is -0.610. The fourth-order valence-electron chi connectivity index (χ4n) is 2.02. The quantitative estimate of drug-likeness (QED) is 0.224. The van der Waals surface area contributed by atoms with Gasteiger partial charge in [-0.25, -0.2) is 4.99 Å². The molecule has 1 aliphatic rings. The molecule has 142 valence electrons. The fourth-order valence-corrected chi connectivity index (χ4v) is 2.02. The van der Waals surface area contributed by atoms with Crippen LogP contribution in [0.4, 0.5) is 0 Å². The molecular weight excluding hydrogens is 423 g/mol. The van der Waals surface area contributed by atoms with Crippen LogP contribution in [-0.4, -0.2) is 76.4 Å². The largest absolute Gasteiger partial charge is 0.379 e. The van der Waals surface area contributed by atoms with Crippen molar-refractivity contribution in [3.8, 4) is 0 Å². The Morgan fingerprint density at radius 2 is 2.00 bits per heavy atom.